The number of nitrogens with zero attached hydrogens (tertiary/aromatic N) is 1. The second-order valence-electron chi connectivity index (χ2n) is 4.19. The number of morpholine rings is 1. The number of methoxy groups -OCH3 is 1. The number of nitrogens with two attached hydrogens (primary N) is 1. The van der Waals surface area contributed by atoms with Gasteiger partial charge in [0.1, 0.15) is 6.04 Å². The maximum atomic E-state index is 11.5. The van der Waals surface area contributed by atoms with Gasteiger partial charge in [0.2, 0.25) is 0 Å². The van der Waals surface area contributed by atoms with E-state index >= 15 is 0 Å². The molecule has 2 aliphatic rings. The van der Waals surface area contributed by atoms with Gasteiger partial charge in [0.25, 0.3) is 0 Å². The van der Waals surface area contributed by atoms with Crippen molar-refractivity contribution in [3.05, 3.63) is 0 Å². The highest BCUT2D eigenvalue weighted by atomic mass is 16.5. The van der Waals surface area contributed by atoms with Crippen molar-refractivity contribution >= 4 is 5.97 Å². The molecule has 3 unspecified atom stereocenters. The fourth-order valence-corrected chi connectivity index (χ4v) is 2.43. The van der Waals surface area contributed by atoms with Gasteiger partial charge in [0.05, 0.1) is 19.3 Å². The number of hydrogen-bond acceptors (Lipinski definition) is 5. The minimum absolute atomic E-state index is 0.237. The van der Waals surface area contributed by atoms with Crippen molar-refractivity contribution < 1.29 is 14.3 Å². The Bertz CT molecular complexity index is 235. The summed E-state index contributed by atoms with van der Waals surface area (Å²) < 4.78 is 10.4. The summed E-state index contributed by atoms with van der Waals surface area (Å²) in [5.74, 6) is -0.237. The third kappa shape index (κ3) is 2.14. The summed E-state index contributed by atoms with van der Waals surface area (Å²) in [6, 6.07) is -0.304. The lowest BCUT2D eigenvalue weighted by Gasteiger charge is -2.35. The third-order valence-corrected chi connectivity index (χ3v) is 3.21. The lowest BCUT2D eigenvalue weighted by Crippen LogP contribution is -2.54. The molecule has 86 valence electrons. The summed E-state index contributed by atoms with van der Waals surface area (Å²) in [4.78, 5) is 13.6. The molecule has 2 heterocycles. The average molecular weight is 214 g/mol. The SMILES string of the molecule is COC(=O)C(CN)N1CC2CCC(C1)O2. The van der Waals surface area contributed by atoms with Gasteiger partial charge in [-0.3, -0.25) is 9.69 Å². The van der Waals surface area contributed by atoms with E-state index in [1.165, 1.54) is 7.11 Å². The first-order valence-electron chi connectivity index (χ1n) is 5.42. The topological polar surface area (TPSA) is 64.8 Å². The zero-order valence-corrected chi connectivity index (χ0v) is 9.02. The van der Waals surface area contributed by atoms with Crippen molar-refractivity contribution in [2.75, 3.05) is 26.7 Å². The Morgan fingerprint density at radius 3 is 2.60 bits per heavy atom. The lowest BCUT2D eigenvalue weighted by atomic mass is 10.2. The number of hydrogen-bond donors (Lipinski definition) is 1. The molecule has 3 atom stereocenters. The van der Waals surface area contributed by atoms with E-state index in [1.807, 2.05) is 0 Å². The van der Waals surface area contributed by atoms with E-state index in [-0.39, 0.29) is 24.2 Å². The van der Waals surface area contributed by atoms with Gasteiger partial charge < -0.3 is 15.2 Å². The highest BCUT2D eigenvalue weighted by Gasteiger charge is 2.38. The average Bonchev–Trinajstić information content (AvgIpc) is 2.59. The van der Waals surface area contributed by atoms with E-state index in [0.29, 0.717) is 6.54 Å². The minimum atomic E-state index is -0.304. The van der Waals surface area contributed by atoms with E-state index in [0.717, 1.165) is 25.9 Å². The van der Waals surface area contributed by atoms with Crippen molar-refractivity contribution in [3.8, 4) is 0 Å². The van der Waals surface area contributed by atoms with Crippen LogP contribution >= 0.6 is 0 Å². The van der Waals surface area contributed by atoms with Gasteiger partial charge in [0, 0.05) is 19.6 Å². The Morgan fingerprint density at radius 2 is 2.13 bits per heavy atom. The molecule has 15 heavy (non-hydrogen) atoms. The summed E-state index contributed by atoms with van der Waals surface area (Å²) in [7, 11) is 1.40. The van der Waals surface area contributed by atoms with Crippen LogP contribution in [0.25, 0.3) is 0 Å². The largest absolute Gasteiger partial charge is 0.468 e. The molecule has 0 spiro atoms. The summed E-state index contributed by atoms with van der Waals surface area (Å²) in [5.41, 5.74) is 5.61. The van der Waals surface area contributed by atoms with Gasteiger partial charge in [-0.1, -0.05) is 0 Å². The van der Waals surface area contributed by atoms with Crippen molar-refractivity contribution in [1.29, 1.82) is 0 Å². The predicted octanol–water partition coefficient (Wildman–Crippen LogP) is -0.650. The van der Waals surface area contributed by atoms with E-state index < -0.39 is 0 Å². The summed E-state index contributed by atoms with van der Waals surface area (Å²) in [5, 5.41) is 0. The number of fused-ring (bicyclic) bond motifs is 2. The van der Waals surface area contributed by atoms with Crippen molar-refractivity contribution in [3.63, 3.8) is 0 Å². The first kappa shape index (κ1) is 10.9. The molecule has 0 aromatic rings. The third-order valence-electron chi connectivity index (χ3n) is 3.21. The first-order chi connectivity index (χ1) is 7.24. The number of rotatable bonds is 3. The number of carbonyl (C=O) groups excluding carboxylic acids is 1. The normalized spacial score (nSPS) is 32.7. The highest BCUT2D eigenvalue weighted by molar-refractivity contribution is 5.76. The first-order valence-corrected chi connectivity index (χ1v) is 5.42. The molecule has 0 saturated carbocycles. The Hall–Kier alpha value is -0.650. The van der Waals surface area contributed by atoms with Gasteiger partial charge >= 0.3 is 5.97 Å². The van der Waals surface area contributed by atoms with Gasteiger partial charge in [-0.05, 0) is 12.8 Å². The van der Waals surface area contributed by atoms with Gasteiger partial charge in [0.15, 0.2) is 0 Å². The smallest absolute Gasteiger partial charge is 0.324 e. The summed E-state index contributed by atoms with van der Waals surface area (Å²) >= 11 is 0. The molecule has 5 nitrogen and oxygen atoms in total. The molecule has 0 aromatic heterocycles. The number of ether oxygens (including phenoxy) is 2. The minimum Gasteiger partial charge on any atom is -0.468 e. The van der Waals surface area contributed by atoms with Gasteiger partial charge in [-0.25, -0.2) is 0 Å². The van der Waals surface area contributed by atoms with Gasteiger partial charge in [-0.15, -0.1) is 0 Å². The maximum Gasteiger partial charge on any atom is 0.324 e. The van der Waals surface area contributed by atoms with Crippen molar-refractivity contribution in [2.24, 2.45) is 5.73 Å². The number of likely N-dealkylation sites (tertiary alicyclic amines) is 1. The molecule has 2 saturated heterocycles. The number of esters is 1. The number of carbonyl (C=O) groups is 1. The van der Waals surface area contributed by atoms with E-state index in [1.54, 1.807) is 0 Å². The monoisotopic (exact) mass is 214 g/mol. The molecule has 5 heteroatoms. The highest BCUT2D eigenvalue weighted by Crippen LogP contribution is 2.27. The lowest BCUT2D eigenvalue weighted by molar-refractivity contribution is -0.150. The zero-order chi connectivity index (χ0) is 10.8. The van der Waals surface area contributed by atoms with Crippen LogP contribution in [0.1, 0.15) is 12.8 Å². The fraction of sp³-hybridized carbons (Fsp3) is 0.900. The molecule has 2 fully saturated rings. The molecule has 2 rings (SSSR count). The van der Waals surface area contributed by atoms with E-state index in [2.05, 4.69) is 4.90 Å². The van der Waals surface area contributed by atoms with E-state index in [9.17, 15) is 4.79 Å². The molecule has 0 aliphatic carbocycles. The van der Waals surface area contributed by atoms with Crippen LogP contribution in [-0.4, -0.2) is 55.9 Å². The molecule has 2 aliphatic heterocycles. The Kier molecular flexibility index (Phi) is 3.23. The zero-order valence-electron chi connectivity index (χ0n) is 9.02. The van der Waals surface area contributed by atoms with Crippen molar-refractivity contribution in [1.82, 2.24) is 4.90 Å². The molecule has 2 bridgehead atoms. The summed E-state index contributed by atoms with van der Waals surface area (Å²) in [6.07, 6.45) is 2.75. The van der Waals surface area contributed by atoms with Crippen LogP contribution in [0.5, 0.6) is 0 Å². The molecule has 0 aromatic carbocycles. The Morgan fingerprint density at radius 1 is 1.53 bits per heavy atom. The standard InChI is InChI=1S/C10H18N2O3/c1-14-10(13)9(4-11)12-5-7-2-3-8(6-12)15-7/h7-9H,2-6,11H2,1H3. The second kappa shape index (κ2) is 4.47. The molecule has 0 radical (unpaired) electrons. The predicted molar refractivity (Wildman–Crippen MR) is 54.3 cm³/mol. The quantitative estimate of drug-likeness (QED) is 0.632. The van der Waals surface area contributed by atoms with E-state index in [4.69, 9.17) is 15.2 Å². The van der Waals surface area contributed by atoms with Crippen LogP contribution < -0.4 is 5.73 Å². The van der Waals surface area contributed by atoms with Crippen LogP contribution in [0.4, 0.5) is 0 Å². The van der Waals surface area contributed by atoms with Crippen LogP contribution in [0, 0.1) is 0 Å². The van der Waals surface area contributed by atoms with Crippen LogP contribution in [0.3, 0.4) is 0 Å². The van der Waals surface area contributed by atoms with Crippen molar-refractivity contribution in [2.45, 2.75) is 31.1 Å². The maximum absolute atomic E-state index is 11.5. The molecule has 0 amide bonds. The molecule has 2 N–H and O–H groups in total. The van der Waals surface area contributed by atoms with Crippen LogP contribution in [0.2, 0.25) is 0 Å². The fourth-order valence-electron chi connectivity index (χ4n) is 2.43. The summed E-state index contributed by atoms with van der Waals surface area (Å²) in [6.45, 7) is 1.91. The second-order valence-corrected chi connectivity index (χ2v) is 4.19. The Balaban J connectivity index is 1.99. The van der Waals surface area contributed by atoms with Crippen LogP contribution in [0.15, 0.2) is 0 Å². The molecular weight excluding hydrogens is 196 g/mol. The Labute approximate surface area is 89.5 Å². The van der Waals surface area contributed by atoms with Gasteiger partial charge in [-0.2, -0.15) is 0 Å². The molecular formula is C10H18N2O3. The van der Waals surface area contributed by atoms with Crippen LogP contribution in [-0.2, 0) is 14.3 Å².